The second-order valence-corrected chi connectivity index (χ2v) is 4.39. The van der Waals surface area contributed by atoms with Crippen LogP contribution in [0.15, 0.2) is 24.3 Å². The number of hydrogen-bond donors (Lipinski definition) is 0. The molecule has 0 aromatic heterocycles. The summed E-state index contributed by atoms with van der Waals surface area (Å²) in [5, 5.41) is 0. The molecule has 1 aromatic carbocycles. The zero-order chi connectivity index (χ0) is 13.0. The molecule has 4 nitrogen and oxygen atoms in total. The van der Waals surface area contributed by atoms with Crippen LogP contribution in [0.3, 0.4) is 0 Å². The number of rotatable bonds is 2. The van der Waals surface area contributed by atoms with E-state index in [0.717, 1.165) is 25.9 Å². The zero-order valence-corrected chi connectivity index (χ0v) is 10.5. The Labute approximate surface area is 107 Å². The van der Waals surface area contributed by atoms with Crippen LogP contribution in [0.4, 0.5) is 0 Å². The summed E-state index contributed by atoms with van der Waals surface area (Å²) in [5.41, 5.74) is 0.779. The van der Waals surface area contributed by atoms with Crippen LogP contribution in [0.1, 0.15) is 40.0 Å². The van der Waals surface area contributed by atoms with Crippen molar-refractivity contribution in [2.45, 2.75) is 19.3 Å². The van der Waals surface area contributed by atoms with Crippen LogP contribution in [0.2, 0.25) is 0 Å². The highest BCUT2D eigenvalue weighted by Gasteiger charge is 2.23. The quantitative estimate of drug-likeness (QED) is 0.752. The first-order valence-corrected chi connectivity index (χ1v) is 6.20. The van der Waals surface area contributed by atoms with E-state index >= 15 is 0 Å². The first-order chi connectivity index (χ1) is 8.74. The van der Waals surface area contributed by atoms with E-state index in [1.54, 1.807) is 24.3 Å². The maximum Gasteiger partial charge on any atom is 0.338 e. The Morgan fingerprint density at radius 2 is 1.67 bits per heavy atom. The monoisotopic (exact) mass is 247 g/mol. The van der Waals surface area contributed by atoms with Crippen LogP contribution in [-0.2, 0) is 4.74 Å². The molecule has 4 heteroatoms. The number of carbonyl (C=O) groups excluding carboxylic acids is 2. The van der Waals surface area contributed by atoms with Gasteiger partial charge in [-0.2, -0.15) is 0 Å². The molecular weight excluding hydrogens is 230 g/mol. The summed E-state index contributed by atoms with van der Waals surface area (Å²) in [6.45, 7) is 1.54. The molecule has 0 unspecified atom stereocenters. The zero-order valence-electron chi connectivity index (χ0n) is 10.5. The molecule has 1 fully saturated rings. The van der Waals surface area contributed by atoms with E-state index in [-0.39, 0.29) is 5.91 Å². The molecule has 0 spiro atoms. The lowest BCUT2D eigenvalue weighted by molar-refractivity contribution is 0.0587. The number of ether oxygens (including phenoxy) is 1. The SMILES string of the molecule is COC(=O)c1ccccc1C(=O)N1CCCCC1. The molecule has 1 aromatic rings. The Kier molecular flexibility index (Phi) is 3.97. The fourth-order valence-electron chi connectivity index (χ4n) is 2.22. The molecule has 0 radical (unpaired) electrons. The van der Waals surface area contributed by atoms with Gasteiger partial charge in [-0.05, 0) is 31.4 Å². The molecule has 2 rings (SSSR count). The van der Waals surface area contributed by atoms with Crippen molar-refractivity contribution in [2.24, 2.45) is 0 Å². The summed E-state index contributed by atoms with van der Waals surface area (Å²) in [6.07, 6.45) is 3.24. The van der Waals surface area contributed by atoms with Gasteiger partial charge in [0.05, 0.1) is 18.2 Å². The maximum atomic E-state index is 12.4. The minimum absolute atomic E-state index is 0.0734. The van der Waals surface area contributed by atoms with E-state index in [9.17, 15) is 9.59 Å². The van der Waals surface area contributed by atoms with Gasteiger partial charge in [0.15, 0.2) is 0 Å². The number of methoxy groups -OCH3 is 1. The molecule has 0 aliphatic carbocycles. The van der Waals surface area contributed by atoms with E-state index in [4.69, 9.17) is 4.74 Å². The Morgan fingerprint density at radius 3 is 2.28 bits per heavy atom. The highest BCUT2D eigenvalue weighted by atomic mass is 16.5. The normalized spacial score (nSPS) is 15.3. The number of piperidine rings is 1. The van der Waals surface area contributed by atoms with Crippen LogP contribution in [0, 0.1) is 0 Å². The Balaban J connectivity index is 2.26. The summed E-state index contributed by atoms with van der Waals surface area (Å²) >= 11 is 0. The van der Waals surface area contributed by atoms with Crippen LogP contribution in [0.5, 0.6) is 0 Å². The summed E-state index contributed by atoms with van der Waals surface area (Å²) in [6, 6.07) is 6.81. The smallest absolute Gasteiger partial charge is 0.338 e. The molecule has 1 aliphatic rings. The van der Waals surface area contributed by atoms with Crippen molar-refractivity contribution < 1.29 is 14.3 Å². The van der Waals surface area contributed by atoms with E-state index in [2.05, 4.69) is 0 Å². The van der Waals surface area contributed by atoms with Gasteiger partial charge in [0, 0.05) is 13.1 Å². The molecule has 0 saturated carbocycles. The highest BCUT2D eigenvalue weighted by Crippen LogP contribution is 2.16. The molecule has 96 valence electrons. The average molecular weight is 247 g/mol. The lowest BCUT2D eigenvalue weighted by Crippen LogP contribution is -2.36. The van der Waals surface area contributed by atoms with E-state index in [1.807, 2.05) is 4.90 Å². The van der Waals surface area contributed by atoms with Gasteiger partial charge in [0.2, 0.25) is 0 Å². The van der Waals surface area contributed by atoms with Crippen LogP contribution in [0.25, 0.3) is 0 Å². The fourth-order valence-corrected chi connectivity index (χ4v) is 2.22. The lowest BCUT2D eigenvalue weighted by Gasteiger charge is -2.27. The Hall–Kier alpha value is -1.84. The standard InChI is InChI=1S/C14H17NO3/c1-18-14(17)12-8-4-3-7-11(12)13(16)15-9-5-2-6-10-15/h3-4,7-8H,2,5-6,9-10H2,1H3. The second kappa shape index (κ2) is 5.67. The van der Waals surface area contributed by atoms with Crippen LogP contribution < -0.4 is 0 Å². The number of benzene rings is 1. The van der Waals surface area contributed by atoms with Gasteiger partial charge < -0.3 is 9.64 Å². The molecule has 1 heterocycles. The van der Waals surface area contributed by atoms with Gasteiger partial charge in [-0.1, -0.05) is 12.1 Å². The summed E-state index contributed by atoms with van der Waals surface area (Å²) < 4.78 is 4.70. The Bertz CT molecular complexity index is 450. The first-order valence-electron chi connectivity index (χ1n) is 6.20. The molecule has 1 aliphatic heterocycles. The van der Waals surface area contributed by atoms with E-state index < -0.39 is 5.97 Å². The fraction of sp³-hybridized carbons (Fsp3) is 0.429. The summed E-state index contributed by atoms with van der Waals surface area (Å²) in [7, 11) is 1.32. The lowest BCUT2D eigenvalue weighted by atomic mass is 10.0. The maximum absolute atomic E-state index is 12.4. The minimum atomic E-state index is -0.462. The first kappa shape index (κ1) is 12.6. The van der Waals surface area contributed by atoms with Crippen molar-refractivity contribution in [3.63, 3.8) is 0 Å². The largest absolute Gasteiger partial charge is 0.465 e. The molecule has 0 N–H and O–H groups in total. The predicted molar refractivity (Wildman–Crippen MR) is 67.5 cm³/mol. The van der Waals surface area contributed by atoms with Crippen molar-refractivity contribution >= 4 is 11.9 Å². The molecule has 0 atom stereocenters. The number of esters is 1. The van der Waals surface area contributed by atoms with Crippen LogP contribution in [-0.4, -0.2) is 37.0 Å². The molecule has 1 amide bonds. The van der Waals surface area contributed by atoms with Gasteiger partial charge >= 0.3 is 5.97 Å². The van der Waals surface area contributed by atoms with Crippen molar-refractivity contribution in [1.82, 2.24) is 4.90 Å². The molecular formula is C14H17NO3. The third-order valence-corrected chi connectivity index (χ3v) is 3.21. The summed E-state index contributed by atoms with van der Waals surface area (Å²) in [5.74, 6) is -0.536. The van der Waals surface area contributed by atoms with Gasteiger partial charge in [0.1, 0.15) is 0 Å². The second-order valence-electron chi connectivity index (χ2n) is 4.39. The number of amides is 1. The van der Waals surface area contributed by atoms with Gasteiger partial charge in [-0.25, -0.2) is 4.79 Å². The van der Waals surface area contributed by atoms with Crippen molar-refractivity contribution in [3.05, 3.63) is 35.4 Å². The summed E-state index contributed by atoms with van der Waals surface area (Å²) in [4.78, 5) is 25.8. The number of likely N-dealkylation sites (tertiary alicyclic amines) is 1. The minimum Gasteiger partial charge on any atom is -0.465 e. The highest BCUT2D eigenvalue weighted by molar-refractivity contribution is 6.05. The predicted octanol–water partition coefficient (Wildman–Crippen LogP) is 2.10. The van der Waals surface area contributed by atoms with Gasteiger partial charge in [-0.3, -0.25) is 4.79 Å². The van der Waals surface area contributed by atoms with Gasteiger partial charge in [0.25, 0.3) is 5.91 Å². The van der Waals surface area contributed by atoms with Crippen molar-refractivity contribution in [2.75, 3.05) is 20.2 Å². The average Bonchev–Trinajstić information content (AvgIpc) is 2.46. The number of nitrogens with zero attached hydrogens (tertiary/aromatic N) is 1. The van der Waals surface area contributed by atoms with Gasteiger partial charge in [-0.15, -0.1) is 0 Å². The van der Waals surface area contributed by atoms with Crippen LogP contribution >= 0.6 is 0 Å². The Morgan fingerprint density at radius 1 is 1.06 bits per heavy atom. The molecule has 1 saturated heterocycles. The molecule has 0 bridgehead atoms. The topological polar surface area (TPSA) is 46.6 Å². The number of carbonyl (C=O) groups is 2. The van der Waals surface area contributed by atoms with E-state index in [1.165, 1.54) is 13.5 Å². The third kappa shape index (κ3) is 2.53. The van der Waals surface area contributed by atoms with Crippen molar-refractivity contribution in [3.8, 4) is 0 Å². The number of hydrogen-bond acceptors (Lipinski definition) is 3. The molecule has 18 heavy (non-hydrogen) atoms. The third-order valence-electron chi connectivity index (χ3n) is 3.21. The van der Waals surface area contributed by atoms with E-state index in [0.29, 0.717) is 11.1 Å². The van der Waals surface area contributed by atoms with Crippen molar-refractivity contribution in [1.29, 1.82) is 0 Å².